The highest BCUT2D eigenvalue weighted by molar-refractivity contribution is 5.54. The molecule has 2 nitrogen and oxygen atoms in total. The van der Waals surface area contributed by atoms with Crippen molar-refractivity contribution in [3.8, 4) is 0 Å². The summed E-state index contributed by atoms with van der Waals surface area (Å²) in [5, 5.41) is 3.47. The highest BCUT2D eigenvalue weighted by Gasteiger charge is 2.12. The van der Waals surface area contributed by atoms with Crippen LogP contribution in [0.5, 0.6) is 0 Å². The van der Waals surface area contributed by atoms with Gasteiger partial charge in [0.25, 0.3) is 0 Å². The molecule has 100 valence electrons. The second-order valence-corrected chi connectivity index (χ2v) is 5.70. The van der Waals surface area contributed by atoms with E-state index in [9.17, 15) is 0 Å². The van der Waals surface area contributed by atoms with Crippen molar-refractivity contribution in [3.63, 3.8) is 0 Å². The first-order chi connectivity index (χ1) is 8.66. The Bertz CT molecular complexity index is 379. The van der Waals surface area contributed by atoms with Crippen LogP contribution in [0.15, 0.2) is 18.2 Å². The molecule has 2 heteroatoms. The Kier molecular flexibility index (Phi) is 4.65. The predicted octanol–water partition coefficient (Wildman–Crippen LogP) is 3.48. The minimum atomic E-state index is 0.548. The van der Waals surface area contributed by atoms with Gasteiger partial charge < -0.3 is 10.2 Å². The lowest BCUT2D eigenvalue weighted by molar-refractivity contribution is 0.576. The molecule has 0 radical (unpaired) electrons. The molecular formula is C16H26N2. The van der Waals surface area contributed by atoms with Gasteiger partial charge in [-0.2, -0.15) is 0 Å². The van der Waals surface area contributed by atoms with E-state index in [-0.39, 0.29) is 0 Å². The van der Waals surface area contributed by atoms with Gasteiger partial charge in [-0.15, -0.1) is 0 Å². The van der Waals surface area contributed by atoms with E-state index in [1.165, 1.54) is 49.2 Å². The van der Waals surface area contributed by atoms with Crippen molar-refractivity contribution in [1.29, 1.82) is 0 Å². The van der Waals surface area contributed by atoms with Crippen LogP contribution in [0.25, 0.3) is 0 Å². The molecule has 0 aromatic heterocycles. The van der Waals surface area contributed by atoms with E-state index in [4.69, 9.17) is 0 Å². The minimum absolute atomic E-state index is 0.548. The largest absolute Gasteiger partial charge is 0.371 e. The fraction of sp³-hybridized carbons (Fsp3) is 0.625. The lowest BCUT2D eigenvalue weighted by atomic mass is 10.1. The Balaban J connectivity index is 2.04. The fourth-order valence-electron chi connectivity index (χ4n) is 2.64. The van der Waals surface area contributed by atoms with E-state index >= 15 is 0 Å². The van der Waals surface area contributed by atoms with E-state index in [1.54, 1.807) is 0 Å². The lowest BCUT2D eigenvalue weighted by Crippen LogP contribution is -2.30. The van der Waals surface area contributed by atoms with E-state index < -0.39 is 0 Å². The second-order valence-electron chi connectivity index (χ2n) is 5.70. The summed E-state index contributed by atoms with van der Waals surface area (Å²) in [6.07, 6.45) is 4.08. The van der Waals surface area contributed by atoms with Crippen LogP contribution in [-0.4, -0.2) is 19.1 Å². The van der Waals surface area contributed by atoms with E-state index in [1.807, 2.05) is 0 Å². The topological polar surface area (TPSA) is 15.3 Å². The summed E-state index contributed by atoms with van der Waals surface area (Å²) >= 11 is 0. The molecule has 1 aromatic rings. The van der Waals surface area contributed by atoms with Crippen LogP contribution in [0.3, 0.4) is 0 Å². The average molecular weight is 246 g/mol. The van der Waals surface area contributed by atoms with Gasteiger partial charge in [-0.25, -0.2) is 0 Å². The highest BCUT2D eigenvalue weighted by atomic mass is 15.1. The van der Waals surface area contributed by atoms with Crippen LogP contribution in [0, 0.1) is 6.92 Å². The van der Waals surface area contributed by atoms with Crippen molar-refractivity contribution in [1.82, 2.24) is 5.32 Å². The summed E-state index contributed by atoms with van der Waals surface area (Å²) in [4.78, 5) is 2.54. The zero-order chi connectivity index (χ0) is 13.0. The molecule has 1 aliphatic heterocycles. The number of hydrogen-bond donors (Lipinski definition) is 1. The molecular weight excluding hydrogens is 220 g/mol. The second kappa shape index (κ2) is 6.24. The van der Waals surface area contributed by atoms with Crippen molar-refractivity contribution >= 4 is 5.69 Å². The third-order valence-electron chi connectivity index (χ3n) is 3.67. The Morgan fingerprint density at radius 1 is 1.17 bits per heavy atom. The number of aryl methyl sites for hydroxylation is 1. The molecule has 2 rings (SSSR count). The van der Waals surface area contributed by atoms with Gasteiger partial charge in [-0.05, 0) is 43.4 Å². The fourth-order valence-corrected chi connectivity index (χ4v) is 2.64. The molecule has 1 aromatic carbocycles. The number of nitrogens with zero attached hydrogens (tertiary/aromatic N) is 1. The van der Waals surface area contributed by atoms with Crippen molar-refractivity contribution < 1.29 is 0 Å². The number of benzene rings is 1. The van der Waals surface area contributed by atoms with Crippen LogP contribution in [0.4, 0.5) is 5.69 Å². The van der Waals surface area contributed by atoms with Gasteiger partial charge in [0.15, 0.2) is 0 Å². The van der Waals surface area contributed by atoms with Gasteiger partial charge in [-0.3, -0.25) is 0 Å². The normalized spacial score (nSPS) is 16.3. The first-order valence-corrected chi connectivity index (χ1v) is 7.24. The Morgan fingerprint density at radius 3 is 2.50 bits per heavy atom. The SMILES string of the molecule is Cc1cc(CNC(C)C)ccc1N1CCCCC1. The molecule has 0 atom stereocenters. The maximum Gasteiger partial charge on any atom is 0.0396 e. The molecule has 0 saturated carbocycles. The zero-order valence-electron chi connectivity index (χ0n) is 12.0. The van der Waals surface area contributed by atoms with Gasteiger partial charge in [0.05, 0.1) is 0 Å². The van der Waals surface area contributed by atoms with E-state index in [2.05, 4.69) is 49.2 Å². The quantitative estimate of drug-likeness (QED) is 0.875. The zero-order valence-corrected chi connectivity index (χ0v) is 12.0. The number of rotatable bonds is 4. The van der Waals surface area contributed by atoms with E-state index in [0.717, 1.165) is 6.54 Å². The highest BCUT2D eigenvalue weighted by Crippen LogP contribution is 2.24. The molecule has 18 heavy (non-hydrogen) atoms. The van der Waals surface area contributed by atoms with E-state index in [0.29, 0.717) is 6.04 Å². The van der Waals surface area contributed by atoms with Gasteiger partial charge in [0, 0.05) is 31.4 Å². The van der Waals surface area contributed by atoms with Crippen LogP contribution in [0.2, 0.25) is 0 Å². The maximum atomic E-state index is 3.47. The minimum Gasteiger partial charge on any atom is -0.371 e. The molecule has 0 unspecified atom stereocenters. The maximum absolute atomic E-state index is 3.47. The number of hydrogen-bond acceptors (Lipinski definition) is 2. The molecule has 0 spiro atoms. The van der Waals surface area contributed by atoms with Crippen LogP contribution in [0.1, 0.15) is 44.2 Å². The van der Waals surface area contributed by atoms with Gasteiger partial charge in [0.1, 0.15) is 0 Å². The van der Waals surface area contributed by atoms with Gasteiger partial charge >= 0.3 is 0 Å². The number of anilines is 1. The molecule has 0 aliphatic carbocycles. The molecule has 1 saturated heterocycles. The lowest BCUT2D eigenvalue weighted by Gasteiger charge is -2.30. The summed E-state index contributed by atoms with van der Waals surface area (Å²) in [7, 11) is 0. The van der Waals surface area contributed by atoms with Gasteiger partial charge in [0.2, 0.25) is 0 Å². The Morgan fingerprint density at radius 2 is 1.89 bits per heavy atom. The first-order valence-electron chi connectivity index (χ1n) is 7.24. The summed E-state index contributed by atoms with van der Waals surface area (Å²) in [6, 6.07) is 7.45. The molecule has 1 aliphatic rings. The third kappa shape index (κ3) is 3.49. The molecule has 0 amide bonds. The number of piperidine rings is 1. The predicted molar refractivity (Wildman–Crippen MR) is 79.2 cm³/mol. The summed E-state index contributed by atoms with van der Waals surface area (Å²) in [6.45, 7) is 10.0. The third-order valence-corrected chi connectivity index (χ3v) is 3.67. The molecule has 1 fully saturated rings. The number of nitrogens with one attached hydrogen (secondary N) is 1. The monoisotopic (exact) mass is 246 g/mol. The summed E-state index contributed by atoms with van der Waals surface area (Å²) < 4.78 is 0. The van der Waals surface area contributed by atoms with Crippen LogP contribution >= 0.6 is 0 Å². The first kappa shape index (κ1) is 13.4. The van der Waals surface area contributed by atoms with Crippen molar-refractivity contribution in [3.05, 3.63) is 29.3 Å². The molecule has 0 bridgehead atoms. The van der Waals surface area contributed by atoms with Crippen LogP contribution in [-0.2, 0) is 6.54 Å². The van der Waals surface area contributed by atoms with Crippen molar-refractivity contribution in [2.75, 3.05) is 18.0 Å². The van der Waals surface area contributed by atoms with Crippen molar-refractivity contribution in [2.24, 2.45) is 0 Å². The molecule has 1 heterocycles. The molecule has 1 N–H and O–H groups in total. The summed E-state index contributed by atoms with van der Waals surface area (Å²) in [5.74, 6) is 0. The Labute approximate surface area is 111 Å². The average Bonchev–Trinajstić information content (AvgIpc) is 2.37. The summed E-state index contributed by atoms with van der Waals surface area (Å²) in [5.41, 5.74) is 4.24. The van der Waals surface area contributed by atoms with Gasteiger partial charge in [-0.1, -0.05) is 26.0 Å². The van der Waals surface area contributed by atoms with Crippen LogP contribution < -0.4 is 10.2 Å². The standard InChI is InChI=1S/C16H26N2/c1-13(2)17-12-15-7-8-16(14(3)11-15)18-9-5-4-6-10-18/h7-8,11,13,17H,4-6,9-10,12H2,1-3H3. The Hall–Kier alpha value is -1.02. The smallest absolute Gasteiger partial charge is 0.0396 e. The van der Waals surface area contributed by atoms with Crippen molar-refractivity contribution in [2.45, 2.75) is 52.6 Å².